The molecule has 198 valence electrons. The number of benzene rings is 3. The fourth-order valence-electron chi connectivity index (χ4n) is 6.65. The lowest BCUT2D eigenvalue weighted by Gasteiger charge is -2.43. The van der Waals surface area contributed by atoms with Crippen LogP contribution in [0.3, 0.4) is 0 Å². The molecule has 4 nitrogen and oxygen atoms in total. The number of nitrogens with zero attached hydrogens (tertiary/aromatic N) is 1. The lowest BCUT2D eigenvalue weighted by molar-refractivity contribution is -0.137. The first-order chi connectivity index (χ1) is 18.1. The van der Waals surface area contributed by atoms with E-state index in [0.29, 0.717) is 18.9 Å². The predicted molar refractivity (Wildman–Crippen MR) is 133 cm³/mol. The number of piperidine rings is 1. The fourth-order valence-corrected chi connectivity index (χ4v) is 6.65. The molecule has 8 heteroatoms. The molecule has 2 atom stereocenters. The van der Waals surface area contributed by atoms with Gasteiger partial charge in [-0.2, -0.15) is 13.2 Å². The van der Waals surface area contributed by atoms with Gasteiger partial charge in [0.05, 0.1) is 11.2 Å². The number of hydrogen-bond acceptors (Lipinski definition) is 3. The SMILES string of the molecule is O=C(OCC1c2ccccc2-c2ccccc21)N1C2CCC1CC(O)(Cc1ccc(C(F)(F)F)cc1F)C2. The lowest BCUT2D eigenvalue weighted by Crippen LogP contribution is -2.54. The van der Waals surface area contributed by atoms with Crippen LogP contribution in [0.2, 0.25) is 0 Å². The molecule has 0 spiro atoms. The van der Waals surface area contributed by atoms with E-state index in [1.165, 1.54) is 0 Å². The van der Waals surface area contributed by atoms with Gasteiger partial charge < -0.3 is 14.7 Å². The molecule has 1 aliphatic carbocycles. The summed E-state index contributed by atoms with van der Waals surface area (Å²) in [6.07, 6.45) is -3.37. The second kappa shape index (κ2) is 9.12. The van der Waals surface area contributed by atoms with E-state index in [-0.39, 0.29) is 49.4 Å². The maximum atomic E-state index is 14.5. The second-order valence-corrected chi connectivity index (χ2v) is 10.7. The van der Waals surface area contributed by atoms with E-state index in [0.717, 1.165) is 34.4 Å². The van der Waals surface area contributed by atoms with Gasteiger partial charge in [-0.3, -0.25) is 0 Å². The molecule has 0 saturated carbocycles. The number of alkyl halides is 3. The Labute approximate surface area is 217 Å². The van der Waals surface area contributed by atoms with Crippen molar-refractivity contribution in [1.29, 1.82) is 0 Å². The van der Waals surface area contributed by atoms with Gasteiger partial charge in [0.2, 0.25) is 0 Å². The number of fused-ring (bicyclic) bond motifs is 5. The Balaban J connectivity index is 1.14. The van der Waals surface area contributed by atoms with Gasteiger partial charge in [0.15, 0.2) is 0 Å². The highest BCUT2D eigenvalue weighted by Gasteiger charge is 2.50. The molecule has 2 bridgehead atoms. The Kier molecular flexibility index (Phi) is 5.98. The van der Waals surface area contributed by atoms with E-state index < -0.39 is 29.3 Å². The van der Waals surface area contributed by atoms with Crippen LogP contribution in [-0.2, 0) is 17.3 Å². The van der Waals surface area contributed by atoms with Crippen LogP contribution in [0.15, 0.2) is 66.7 Å². The van der Waals surface area contributed by atoms with Crippen molar-refractivity contribution < 1.29 is 32.2 Å². The summed E-state index contributed by atoms with van der Waals surface area (Å²) >= 11 is 0. The van der Waals surface area contributed by atoms with Crippen molar-refractivity contribution in [3.63, 3.8) is 0 Å². The van der Waals surface area contributed by atoms with Crippen molar-refractivity contribution in [2.45, 2.75) is 61.9 Å². The van der Waals surface area contributed by atoms with E-state index in [4.69, 9.17) is 4.74 Å². The Morgan fingerprint density at radius 2 is 1.53 bits per heavy atom. The molecule has 3 aromatic rings. The molecule has 2 heterocycles. The van der Waals surface area contributed by atoms with Crippen LogP contribution in [0.25, 0.3) is 11.1 Å². The maximum absolute atomic E-state index is 14.5. The van der Waals surface area contributed by atoms with E-state index in [2.05, 4.69) is 24.3 Å². The number of ether oxygens (including phenoxy) is 1. The number of rotatable bonds is 4. The molecule has 3 aliphatic rings. The Hall–Kier alpha value is -3.39. The van der Waals surface area contributed by atoms with Crippen LogP contribution < -0.4 is 0 Å². The molecule has 6 rings (SSSR count). The standard InChI is InChI=1S/C30H27F4NO3/c31-27-13-19(30(32,33)34)10-9-18(27)14-29(37)15-20-11-12-21(16-29)35(20)28(36)38-17-26-24-7-3-1-5-22(24)23-6-2-4-8-25(23)26/h1-10,13,20-21,26,37H,11-12,14-17H2. The second-order valence-electron chi connectivity index (χ2n) is 10.7. The number of carbonyl (C=O) groups excluding carboxylic acids is 1. The summed E-state index contributed by atoms with van der Waals surface area (Å²) in [6.45, 7) is 0.198. The Morgan fingerprint density at radius 3 is 2.08 bits per heavy atom. The van der Waals surface area contributed by atoms with Crippen LogP contribution in [0.1, 0.15) is 53.9 Å². The maximum Gasteiger partial charge on any atom is 0.416 e. The summed E-state index contributed by atoms with van der Waals surface area (Å²) in [5.74, 6) is -1.05. The van der Waals surface area contributed by atoms with Gasteiger partial charge in [-0.25, -0.2) is 9.18 Å². The Morgan fingerprint density at radius 1 is 0.947 bits per heavy atom. The first-order valence-electron chi connectivity index (χ1n) is 12.8. The third-order valence-electron chi connectivity index (χ3n) is 8.30. The summed E-state index contributed by atoms with van der Waals surface area (Å²) in [6, 6.07) is 18.0. The van der Waals surface area contributed by atoms with Gasteiger partial charge in [0.25, 0.3) is 0 Å². The van der Waals surface area contributed by atoms with Crippen LogP contribution in [0.4, 0.5) is 22.4 Å². The largest absolute Gasteiger partial charge is 0.448 e. The number of aliphatic hydroxyl groups is 1. The van der Waals surface area contributed by atoms with Gasteiger partial charge in [0, 0.05) is 24.4 Å². The summed E-state index contributed by atoms with van der Waals surface area (Å²) in [5, 5.41) is 11.3. The van der Waals surface area contributed by atoms with Gasteiger partial charge in [-0.1, -0.05) is 54.6 Å². The molecule has 1 amide bonds. The fraction of sp³-hybridized carbons (Fsp3) is 0.367. The van der Waals surface area contributed by atoms with Crippen molar-refractivity contribution in [3.8, 4) is 11.1 Å². The van der Waals surface area contributed by atoms with Crippen LogP contribution in [0.5, 0.6) is 0 Å². The minimum atomic E-state index is -4.64. The van der Waals surface area contributed by atoms with Crippen molar-refractivity contribution in [2.75, 3.05) is 6.61 Å². The van der Waals surface area contributed by atoms with Crippen molar-refractivity contribution >= 4 is 6.09 Å². The molecule has 2 aliphatic heterocycles. The van der Waals surface area contributed by atoms with Gasteiger partial charge >= 0.3 is 12.3 Å². The van der Waals surface area contributed by atoms with Gasteiger partial charge in [-0.05, 0) is 65.6 Å². The molecular weight excluding hydrogens is 498 g/mol. The summed E-state index contributed by atoms with van der Waals surface area (Å²) in [7, 11) is 0. The van der Waals surface area contributed by atoms with E-state index in [9.17, 15) is 27.5 Å². The normalized spacial score (nSPS) is 24.3. The highest BCUT2D eigenvalue weighted by Crippen LogP contribution is 2.46. The van der Waals surface area contributed by atoms with Crippen molar-refractivity contribution in [3.05, 3.63) is 94.8 Å². The minimum absolute atomic E-state index is 0.0366. The summed E-state index contributed by atoms with van der Waals surface area (Å²) < 4.78 is 59.1. The zero-order chi connectivity index (χ0) is 26.7. The van der Waals surface area contributed by atoms with E-state index in [1.807, 2.05) is 24.3 Å². The first-order valence-corrected chi connectivity index (χ1v) is 12.8. The monoisotopic (exact) mass is 525 g/mol. The van der Waals surface area contributed by atoms with E-state index >= 15 is 0 Å². The predicted octanol–water partition coefficient (Wildman–Crippen LogP) is 6.69. The molecule has 0 radical (unpaired) electrons. The summed E-state index contributed by atoms with van der Waals surface area (Å²) in [5.41, 5.74) is 2.19. The van der Waals surface area contributed by atoms with Crippen molar-refractivity contribution in [1.82, 2.24) is 4.90 Å². The molecule has 1 N–H and O–H groups in total. The molecule has 3 aromatic carbocycles. The Bertz CT molecular complexity index is 1330. The number of hydrogen-bond donors (Lipinski definition) is 1. The molecule has 2 fully saturated rings. The number of halogens is 4. The number of carbonyl (C=O) groups is 1. The zero-order valence-corrected chi connectivity index (χ0v) is 20.5. The highest BCUT2D eigenvalue weighted by atomic mass is 19.4. The smallest absolute Gasteiger partial charge is 0.416 e. The van der Waals surface area contributed by atoms with Crippen LogP contribution >= 0.6 is 0 Å². The molecule has 2 unspecified atom stereocenters. The zero-order valence-electron chi connectivity index (χ0n) is 20.5. The third-order valence-corrected chi connectivity index (χ3v) is 8.30. The van der Waals surface area contributed by atoms with Crippen molar-refractivity contribution in [2.24, 2.45) is 0 Å². The molecule has 0 aromatic heterocycles. The average Bonchev–Trinajstić information content (AvgIpc) is 3.35. The van der Waals surface area contributed by atoms with Gasteiger partial charge in [0.1, 0.15) is 12.4 Å². The molecule has 2 saturated heterocycles. The van der Waals surface area contributed by atoms with Crippen LogP contribution in [0, 0.1) is 5.82 Å². The average molecular weight is 526 g/mol. The quantitative estimate of drug-likeness (QED) is 0.386. The number of amides is 1. The lowest BCUT2D eigenvalue weighted by atomic mass is 9.81. The third kappa shape index (κ3) is 4.34. The van der Waals surface area contributed by atoms with Crippen LogP contribution in [-0.4, -0.2) is 40.4 Å². The molecule has 38 heavy (non-hydrogen) atoms. The highest BCUT2D eigenvalue weighted by molar-refractivity contribution is 5.79. The minimum Gasteiger partial charge on any atom is -0.448 e. The summed E-state index contributed by atoms with van der Waals surface area (Å²) in [4.78, 5) is 14.9. The van der Waals surface area contributed by atoms with Gasteiger partial charge in [-0.15, -0.1) is 0 Å². The topological polar surface area (TPSA) is 49.8 Å². The van der Waals surface area contributed by atoms with E-state index in [1.54, 1.807) is 4.90 Å². The first kappa shape index (κ1) is 24.9. The molecular formula is C30H27F4NO3.